The zero-order valence-corrected chi connectivity index (χ0v) is 18.4. The third-order valence-corrected chi connectivity index (χ3v) is 6.17. The normalized spacial score (nSPS) is 11.5. The van der Waals surface area contributed by atoms with Crippen LogP contribution >= 0.6 is 11.6 Å². The molecule has 0 atom stereocenters. The molecule has 156 valence electrons. The van der Waals surface area contributed by atoms with Crippen molar-refractivity contribution in [1.29, 1.82) is 0 Å². The van der Waals surface area contributed by atoms with Crippen molar-refractivity contribution >= 4 is 21.7 Å². The molecule has 1 N–H and O–H groups in total. The Balaban J connectivity index is 1.78. The Morgan fingerprint density at radius 3 is 2.16 bits per heavy atom. The van der Waals surface area contributed by atoms with Gasteiger partial charge >= 0.3 is 0 Å². The minimum Gasteiger partial charge on any atom is -0.282 e. The largest absolute Gasteiger partial charge is 0.294 e. The number of hydrogen-bond acceptors (Lipinski definition) is 4. The summed E-state index contributed by atoms with van der Waals surface area (Å²) >= 11 is 6.16. The Hall–Kier alpha value is -3.06. The van der Waals surface area contributed by atoms with E-state index in [0.717, 1.165) is 33.6 Å². The molecular weight excluding hydrogens is 432 g/mol. The molecule has 0 saturated heterocycles. The lowest BCUT2D eigenvalue weighted by atomic mass is 10.0. The standard InChI is InChI=1S/C24H19ClN2O3S/c1-15-11-19(9-10-22(15)25)23-12-16(2)26-24(27-23)20-7-3-5-17(13-20)18-6-4-8-21(14-18)31(28,29)30/h3-14H,1-2H3,(H,28,29,30). The van der Waals surface area contributed by atoms with E-state index in [1.54, 1.807) is 12.1 Å². The summed E-state index contributed by atoms with van der Waals surface area (Å²) in [6, 6.07) is 21.4. The summed E-state index contributed by atoms with van der Waals surface area (Å²) in [5, 5.41) is 0.703. The van der Waals surface area contributed by atoms with Crippen molar-refractivity contribution in [3.8, 4) is 33.8 Å². The molecule has 7 heteroatoms. The zero-order valence-electron chi connectivity index (χ0n) is 16.9. The summed E-state index contributed by atoms with van der Waals surface area (Å²) in [6.45, 7) is 3.86. The quantitative estimate of drug-likeness (QED) is 0.386. The van der Waals surface area contributed by atoms with Gasteiger partial charge in [0, 0.05) is 21.8 Å². The molecule has 0 aliphatic carbocycles. The van der Waals surface area contributed by atoms with E-state index in [4.69, 9.17) is 16.6 Å². The Morgan fingerprint density at radius 2 is 1.45 bits per heavy atom. The van der Waals surface area contributed by atoms with Crippen molar-refractivity contribution < 1.29 is 13.0 Å². The van der Waals surface area contributed by atoms with Gasteiger partial charge < -0.3 is 0 Å². The molecule has 0 spiro atoms. The van der Waals surface area contributed by atoms with Gasteiger partial charge in [-0.15, -0.1) is 0 Å². The fraction of sp³-hybridized carbons (Fsp3) is 0.0833. The molecule has 4 rings (SSSR count). The van der Waals surface area contributed by atoms with Gasteiger partial charge in [0.05, 0.1) is 10.6 Å². The van der Waals surface area contributed by atoms with Crippen LogP contribution in [0.5, 0.6) is 0 Å². The topological polar surface area (TPSA) is 80.2 Å². The van der Waals surface area contributed by atoms with Gasteiger partial charge in [-0.05, 0) is 66.9 Å². The van der Waals surface area contributed by atoms with Crippen LogP contribution in [0.3, 0.4) is 0 Å². The lowest BCUT2D eigenvalue weighted by Crippen LogP contribution is -1.98. The highest BCUT2D eigenvalue weighted by atomic mass is 35.5. The Labute approximate surface area is 186 Å². The van der Waals surface area contributed by atoms with Gasteiger partial charge in [-0.3, -0.25) is 4.55 Å². The van der Waals surface area contributed by atoms with Gasteiger partial charge in [0.2, 0.25) is 0 Å². The van der Waals surface area contributed by atoms with E-state index in [0.29, 0.717) is 16.4 Å². The van der Waals surface area contributed by atoms with Crippen LogP contribution in [0, 0.1) is 13.8 Å². The van der Waals surface area contributed by atoms with Gasteiger partial charge in [0.25, 0.3) is 10.1 Å². The van der Waals surface area contributed by atoms with Crippen LogP contribution in [0.1, 0.15) is 11.3 Å². The third-order valence-electron chi connectivity index (χ3n) is 4.89. The van der Waals surface area contributed by atoms with E-state index in [9.17, 15) is 13.0 Å². The summed E-state index contributed by atoms with van der Waals surface area (Å²) in [5.41, 5.74) is 5.79. The van der Waals surface area contributed by atoms with Gasteiger partial charge in [0.1, 0.15) is 0 Å². The van der Waals surface area contributed by atoms with E-state index >= 15 is 0 Å². The molecule has 0 radical (unpaired) electrons. The minimum absolute atomic E-state index is 0.150. The fourth-order valence-electron chi connectivity index (χ4n) is 3.32. The van der Waals surface area contributed by atoms with Crippen molar-refractivity contribution in [2.45, 2.75) is 18.7 Å². The van der Waals surface area contributed by atoms with Crippen molar-refractivity contribution in [1.82, 2.24) is 9.97 Å². The van der Waals surface area contributed by atoms with Crippen LogP contribution in [0.2, 0.25) is 5.02 Å². The van der Waals surface area contributed by atoms with Crippen molar-refractivity contribution in [3.05, 3.63) is 89.1 Å². The first kappa shape index (κ1) is 21.2. The highest BCUT2D eigenvalue weighted by Gasteiger charge is 2.12. The summed E-state index contributed by atoms with van der Waals surface area (Å²) in [6.07, 6.45) is 0. The van der Waals surface area contributed by atoms with Crippen molar-refractivity contribution in [3.63, 3.8) is 0 Å². The lowest BCUT2D eigenvalue weighted by molar-refractivity contribution is 0.483. The van der Waals surface area contributed by atoms with Crippen LogP contribution < -0.4 is 0 Å². The number of benzene rings is 3. The Morgan fingerprint density at radius 1 is 0.774 bits per heavy atom. The average Bonchev–Trinajstić information content (AvgIpc) is 2.75. The molecule has 0 aliphatic rings. The van der Waals surface area contributed by atoms with Crippen LogP contribution in [0.15, 0.2) is 77.7 Å². The van der Waals surface area contributed by atoms with E-state index in [-0.39, 0.29) is 4.90 Å². The maximum atomic E-state index is 11.5. The number of nitrogens with zero attached hydrogens (tertiary/aromatic N) is 2. The van der Waals surface area contributed by atoms with Crippen LogP contribution in [0.25, 0.3) is 33.8 Å². The molecule has 3 aromatic carbocycles. The predicted molar refractivity (Wildman–Crippen MR) is 123 cm³/mol. The third kappa shape index (κ3) is 4.66. The Bertz CT molecular complexity index is 1400. The zero-order chi connectivity index (χ0) is 22.2. The molecule has 4 aromatic rings. The van der Waals surface area contributed by atoms with Crippen molar-refractivity contribution in [2.75, 3.05) is 0 Å². The highest BCUT2D eigenvalue weighted by Crippen LogP contribution is 2.29. The number of aryl methyl sites for hydroxylation is 2. The number of aromatic nitrogens is 2. The Kier molecular flexibility index (Phi) is 5.62. The lowest BCUT2D eigenvalue weighted by Gasteiger charge is -2.10. The molecule has 0 unspecified atom stereocenters. The van der Waals surface area contributed by atoms with E-state index < -0.39 is 10.1 Å². The average molecular weight is 451 g/mol. The molecule has 0 amide bonds. The maximum absolute atomic E-state index is 11.5. The summed E-state index contributed by atoms with van der Waals surface area (Å²) in [4.78, 5) is 9.18. The second-order valence-electron chi connectivity index (χ2n) is 7.27. The molecule has 0 aliphatic heterocycles. The SMILES string of the molecule is Cc1cc(-c2ccc(Cl)c(C)c2)nc(-c2cccc(-c3cccc(S(=O)(=O)O)c3)c2)n1. The summed E-state index contributed by atoms with van der Waals surface area (Å²) in [5.74, 6) is 0.565. The molecule has 1 aromatic heterocycles. The smallest absolute Gasteiger partial charge is 0.282 e. The first-order valence-electron chi connectivity index (χ1n) is 9.51. The van der Waals surface area contributed by atoms with E-state index in [2.05, 4.69) is 4.98 Å². The van der Waals surface area contributed by atoms with Crippen molar-refractivity contribution in [2.24, 2.45) is 0 Å². The van der Waals surface area contributed by atoms with Gasteiger partial charge in [0.15, 0.2) is 5.82 Å². The van der Waals surface area contributed by atoms with Gasteiger partial charge in [-0.25, -0.2) is 9.97 Å². The number of rotatable bonds is 4. The molecule has 31 heavy (non-hydrogen) atoms. The van der Waals surface area contributed by atoms with Crippen LogP contribution in [-0.2, 0) is 10.1 Å². The van der Waals surface area contributed by atoms with Crippen LogP contribution in [0.4, 0.5) is 0 Å². The molecule has 1 heterocycles. The van der Waals surface area contributed by atoms with E-state index in [1.165, 1.54) is 12.1 Å². The fourth-order valence-corrected chi connectivity index (χ4v) is 3.97. The van der Waals surface area contributed by atoms with Crippen LogP contribution in [-0.4, -0.2) is 22.9 Å². The first-order valence-corrected chi connectivity index (χ1v) is 11.3. The summed E-state index contributed by atoms with van der Waals surface area (Å²) in [7, 11) is -4.28. The molecular formula is C24H19ClN2O3S. The van der Waals surface area contributed by atoms with Gasteiger partial charge in [-0.2, -0.15) is 8.42 Å². The summed E-state index contributed by atoms with van der Waals surface area (Å²) < 4.78 is 32.3. The predicted octanol–water partition coefficient (Wildman–Crippen LogP) is 5.99. The molecule has 0 saturated carbocycles. The first-order chi connectivity index (χ1) is 14.7. The maximum Gasteiger partial charge on any atom is 0.294 e. The monoisotopic (exact) mass is 450 g/mol. The molecule has 0 fully saturated rings. The number of halogens is 1. The number of hydrogen-bond donors (Lipinski definition) is 1. The highest BCUT2D eigenvalue weighted by molar-refractivity contribution is 7.85. The molecule has 0 bridgehead atoms. The molecule has 5 nitrogen and oxygen atoms in total. The van der Waals surface area contributed by atoms with E-state index in [1.807, 2.05) is 62.4 Å². The second-order valence-corrected chi connectivity index (χ2v) is 9.09. The second kappa shape index (κ2) is 8.23. The van der Waals surface area contributed by atoms with Gasteiger partial charge in [-0.1, -0.05) is 48.0 Å². The minimum atomic E-state index is -4.28.